The predicted octanol–water partition coefficient (Wildman–Crippen LogP) is 1.33. The second kappa shape index (κ2) is 10.9. The molecule has 0 aliphatic rings. The van der Waals surface area contributed by atoms with Crippen LogP contribution in [0.5, 0.6) is 17.2 Å². The van der Waals surface area contributed by atoms with Crippen LogP contribution < -0.4 is 23.8 Å². The number of sulfonamides is 1. The Morgan fingerprint density at radius 3 is 2.26 bits per heavy atom. The Morgan fingerprint density at radius 2 is 1.71 bits per heavy atom. The van der Waals surface area contributed by atoms with E-state index in [1.54, 1.807) is 49.4 Å². The quantitative estimate of drug-likeness (QED) is 0.529. The first-order valence-corrected chi connectivity index (χ1v) is 11.3. The number of carbonyl (C=O) groups excluding carboxylic acids is 1. The molecular weight excluding hydrogens is 424 g/mol. The molecule has 1 atom stereocenters. The lowest BCUT2D eigenvalue weighted by Gasteiger charge is -2.24. The van der Waals surface area contributed by atoms with Gasteiger partial charge in [-0.05, 0) is 30.7 Å². The SMILES string of the molecule is COc1cccc(OC)c1OCC(O)CNC(=O)CN(c1ccccc1C)S(C)(=O)=O. The van der Waals surface area contributed by atoms with Crippen LogP contribution in [0.4, 0.5) is 5.69 Å². The molecule has 2 aromatic carbocycles. The molecule has 0 aliphatic carbocycles. The molecule has 1 amide bonds. The minimum atomic E-state index is -3.68. The van der Waals surface area contributed by atoms with Crippen molar-refractivity contribution in [1.82, 2.24) is 5.32 Å². The van der Waals surface area contributed by atoms with Crippen LogP contribution in [0.15, 0.2) is 42.5 Å². The molecule has 0 radical (unpaired) electrons. The molecule has 9 nitrogen and oxygen atoms in total. The minimum absolute atomic E-state index is 0.123. The summed E-state index contributed by atoms with van der Waals surface area (Å²) >= 11 is 0. The molecule has 0 heterocycles. The number of amides is 1. The number of anilines is 1. The number of nitrogens with zero attached hydrogens (tertiary/aromatic N) is 1. The van der Waals surface area contributed by atoms with Crippen LogP contribution in [-0.2, 0) is 14.8 Å². The summed E-state index contributed by atoms with van der Waals surface area (Å²) in [5.41, 5.74) is 1.15. The molecular formula is C21H28N2O7S. The standard InChI is InChI=1S/C21H28N2O7S/c1-15-8-5-6-9-17(15)23(31(4,26)27)13-20(25)22-12-16(24)14-30-21-18(28-2)10-7-11-19(21)29-3/h5-11,16,24H,12-14H2,1-4H3,(H,22,25). The van der Waals surface area contributed by atoms with Gasteiger partial charge in [0.1, 0.15) is 19.3 Å². The van der Waals surface area contributed by atoms with Gasteiger partial charge in [-0.25, -0.2) is 8.42 Å². The van der Waals surface area contributed by atoms with Crippen molar-refractivity contribution >= 4 is 21.6 Å². The molecule has 0 spiro atoms. The fourth-order valence-electron chi connectivity index (χ4n) is 2.84. The molecule has 0 saturated heterocycles. The van der Waals surface area contributed by atoms with Crippen molar-refractivity contribution in [3.05, 3.63) is 48.0 Å². The lowest BCUT2D eigenvalue weighted by molar-refractivity contribution is -0.120. The number of benzene rings is 2. The van der Waals surface area contributed by atoms with E-state index in [0.717, 1.165) is 16.1 Å². The highest BCUT2D eigenvalue weighted by Crippen LogP contribution is 2.36. The molecule has 0 fully saturated rings. The summed E-state index contributed by atoms with van der Waals surface area (Å²) in [7, 11) is -0.705. The van der Waals surface area contributed by atoms with Crippen molar-refractivity contribution in [1.29, 1.82) is 0 Å². The zero-order valence-electron chi connectivity index (χ0n) is 18.0. The van der Waals surface area contributed by atoms with Crippen molar-refractivity contribution in [3.8, 4) is 17.2 Å². The second-order valence-corrected chi connectivity index (χ2v) is 8.72. The molecule has 0 aliphatic heterocycles. The Labute approximate surface area is 182 Å². The first kappa shape index (κ1) is 24.3. The third-order valence-corrected chi connectivity index (χ3v) is 5.54. The number of aliphatic hydroxyl groups excluding tert-OH is 1. The number of aliphatic hydroxyl groups is 1. The molecule has 2 rings (SSSR count). The van der Waals surface area contributed by atoms with Crippen molar-refractivity contribution in [3.63, 3.8) is 0 Å². The lowest BCUT2D eigenvalue weighted by Crippen LogP contribution is -2.43. The molecule has 0 aromatic heterocycles. The fourth-order valence-corrected chi connectivity index (χ4v) is 3.75. The van der Waals surface area contributed by atoms with Crippen molar-refractivity contribution in [2.45, 2.75) is 13.0 Å². The van der Waals surface area contributed by atoms with Crippen LogP contribution in [-0.4, -0.2) is 65.7 Å². The Bertz CT molecular complexity index is 973. The monoisotopic (exact) mass is 452 g/mol. The number of rotatable bonds is 11. The van der Waals surface area contributed by atoms with Crippen LogP contribution >= 0.6 is 0 Å². The van der Waals surface area contributed by atoms with Crippen LogP contribution in [0.3, 0.4) is 0 Å². The van der Waals surface area contributed by atoms with E-state index in [1.807, 2.05) is 0 Å². The average Bonchev–Trinajstić information content (AvgIpc) is 2.74. The van der Waals surface area contributed by atoms with Gasteiger partial charge in [-0.3, -0.25) is 9.10 Å². The van der Waals surface area contributed by atoms with E-state index in [2.05, 4.69) is 5.32 Å². The van der Waals surface area contributed by atoms with E-state index in [4.69, 9.17) is 14.2 Å². The van der Waals surface area contributed by atoms with Crippen LogP contribution in [0.1, 0.15) is 5.56 Å². The number of carbonyl (C=O) groups is 1. The molecule has 10 heteroatoms. The molecule has 1 unspecified atom stereocenters. The summed E-state index contributed by atoms with van der Waals surface area (Å²) < 4.78 is 41.5. The largest absolute Gasteiger partial charge is 0.493 e. The van der Waals surface area contributed by atoms with Crippen LogP contribution in [0.25, 0.3) is 0 Å². The Hall–Kier alpha value is -2.98. The molecule has 2 N–H and O–H groups in total. The number of aryl methyl sites for hydroxylation is 1. The molecule has 0 saturated carbocycles. The average molecular weight is 453 g/mol. The van der Waals surface area contributed by atoms with Gasteiger partial charge >= 0.3 is 0 Å². The highest BCUT2D eigenvalue weighted by molar-refractivity contribution is 7.92. The Kier molecular flexibility index (Phi) is 8.52. The van der Waals surface area contributed by atoms with Gasteiger partial charge in [-0.1, -0.05) is 24.3 Å². The van der Waals surface area contributed by atoms with Gasteiger partial charge < -0.3 is 24.6 Å². The van der Waals surface area contributed by atoms with E-state index >= 15 is 0 Å². The maximum Gasteiger partial charge on any atom is 0.240 e. The summed E-state index contributed by atoms with van der Waals surface area (Å²) in [6, 6.07) is 12.0. The maximum absolute atomic E-state index is 12.4. The number of nitrogens with one attached hydrogen (secondary N) is 1. The topological polar surface area (TPSA) is 114 Å². The van der Waals surface area contributed by atoms with Gasteiger partial charge in [0.05, 0.1) is 26.2 Å². The Balaban J connectivity index is 1.95. The van der Waals surface area contributed by atoms with Crippen molar-refractivity contribution in [2.75, 3.05) is 44.5 Å². The number of hydrogen-bond acceptors (Lipinski definition) is 7. The normalized spacial score (nSPS) is 12.0. The van der Waals surface area contributed by atoms with Gasteiger partial charge in [0.15, 0.2) is 11.5 Å². The van der Waals surface area contributed by atoms with Gasteiger partial charge in [0.2, 0.25) is 21.7 Å². The van der Waals surface area contributed by atoms with Crippen LogP contribution in [0, 0.1) is 6.92 Å². The summed E-state index contributed by atoms with van der Waals surface area (Å²) in [5.74, 6) is 0.665. The maximum atomic E-state index is 12.4. The smallest absolute Gasteiger partial charge is 0.240 e. The Morgan fingerprint density at radius 1 is 1.10 bits per heavy atom. The number of ether oxygens (including phenoxy) is 3. The van der Waals surface area contributed by atoms with Gasteiger partial charge in [0, 0.05) is 6.54 Å². The van der Waals surface area contributed by atoms with Gasteiger partial charge in [0.25, 0.3) is 0 Å². The highest BCUT2D eigenvalue weighted by atomic mass is 32.2. The fraction of sp³-hybridized carbons (Fsp3) is 0.381. The van der Waals surface area contributed by atoms with Gasteiger partial charge in [-0.15, -0.1) is 0 Å². The first-order chi connectivity index (χ1) is 14.7. The van der Waals surface area contributed by atoms with Crippen molar-refractivity contribution < 1.29 is 32.5 Å². The van der Waals surface area contributed by atoms with Crippen molar-refractivity contribution in [2.24, 2.45) is 0 Å². The number of methoxy groups -OCH3 is 2. The summed E-state index contributed by atoms with van der Waals surface area (Å²) in [4.78, 5) is 12.4. The second-order valence-electron chi connectivity index (χ2n) is 6.82. The van der Waals surface area contributed by atoms with E-state index in [-0.39, 0.29) is 13.2 Å². The number of para-hydroxylation sites is 2. The first-order valence-electron chi connectivity index (χ1n) is 9.49. The molecule has 31 heavy (non-hydrogen) atoms. The van der Waals surface area contributed by atoms with Gasteiger partial charge in [-0.2, -0.15) is 0 Å². The summed E-state index contributed by atoms with van der Waals surface area (Å²) in [5, 5.41) is 12.7. The molecule has 0 bridgehead atoms. The number of hydrogen-bond donors (Lipinski definition) is 2. The third kappa shape index (κ3) is 6.76. The third-order valence-electron chi connectivity index (χ3n) is 4.41. The zero-order valence-corrected chi connectivity index (χ0v) is 18.8. The zero-order chi connectivity index (χ0) is 23.0. The summed E-state index contributed by atoms with van der Waals surface area (Å²) in [6.45, 7) is 1.10. The van der Waals surface area contributed by atoms with E-state index in [0.29, 0.717) is 22.9 Å². The molecule has 2 aromatic rings. The minimum Gasteiger partial charge on any atom is -0.493 e. The van der Waals surface area contributed by atoms with Crippen LogP contribution in [0.2, 0.25) is 0 Å². The lowest BCUT2D eigenvalue weighted by atomic mass is 10.2. The molecule has 170 valence electrons. The van der Waals surface area contributed by atoms with E-state index in [1.165, 1.54) is 14.2 Å². The van der Waals surface area contributed by atoms with E-state index < -0.39 is 28.6 Å². The summed E-state index contributed by atoms with van der Waals surface area (Å²) in [6.07, 6.45) is -0.000490. The highest BCUT2D eigenvalue weighted by Gasteiger charge is 2.22. The predicted molar refractivity (Wildman–Crippen MR) is 117 cm³/mol. The van der Waals surface area contributed by atoms with E-state index in [9.17, 15) is 18.3 Å².